The molecule has 0 fully saturated rings. The number of hydrogen-bond acceptors (Lipinski definition) is 4. The molecule has 18 heavy (non-hydrogen) atoms. The van der Waals surface area contributed by atoms with Crippen molar-refractivity contribution in [3.05, 3.63) is 29.2 Å². The van der Waals surface area contributed by atoms with Gasteiger partial charge in [0.15, 0.2) is 5.03 Å². The van der Waals surface area contributed by atoms with Crippen molar-refractivity contribution in [3.63, 3.8) is 0 Å². The Morgan fingerprint density at radius 2 is 2.17 bits per heavy atom. The molecular weight excluding hydrogens is 254 g/mol. The van der Waals surface area contributed by atoms with Gasteiger partial charge in [0, 0.05) is 24.8 Å². The van der Waals surface area contributed by atoms with Crippen LogP contribution in [-0.4, -0.2) is 28.4 Å². The molecule has 2 aromatic rings. The average Bonchev–Trinajstić information content (AvgIpc) is 2.88. The first kappa shape index (κ1) is 12.8. The van der Waals surface area contributed by atoms with Crippen molar-refractivity contribution in [2.24, 2.45) is 7.05 Å². The van der Waals surface area contributed by atoms with Gasteiger partial charge in [-0.1, -0.05) is 0 Å². The summed E-state index contributed by atoms with van der Waals surface area (Å²) in [6.07, 6.45) is 1.40. The summed E-state index contributed by atoms with van der Waals surface area (Å²) < 4.78 is 28.0. The SMILES string of the molecule is Cc1nn(C)c(C)c1CNS(=O)(=O)c1ccn[nH]1. The summed E-state index contributed by atoms with van der Waals surface area (Å²) >= 11 is 0. The van der Waals surface area contributed by atoms with Crippen molar-refractivity contribution in [1.82, 2.24) is 24.7 Å². The zero-order chi connectivity index (χ0) is 13.3. The molecule has 98 valence electrons. The zero-order valence-corrected chi connectivity index (χ0v) is 11.2. The molecule has 2 aromatic heterocycles. The minimum Gasteiger partial charge on any atom is -0.272 e. The van der Waals surface area contributed by atoms with Crippen molar-refractivity contribution in [1.29, 1.82) is 0 Å². The number of aryl methyl sites for hydroxylation is 2. The number of aromatic amines is 1. The zero-order valence-electron chi connectivity index (χ0n) is 10.4. The van der Waals surface area contributed by atoms with Crippen LogP contribution in [0.5, 0.6) is 0 Å². The maximum absolute atomic E-state index is 11.9. The Balaban J connectivity index is 2.18. The van der Waals surface area contributed by atoms with Crippen LogP contribution in [-0.2, 0) is 23.6 Å². The number of H-pyrrole nitrogens is 1. The van der Waals surface area contributed by atoms with Gasteiger partial charge in [-0.25, -0.2) is 13.1 Å². The minimum absolute atomic E-state index is 0.0571. The monoisotopic (exact) mass is 269 g/mol. The Kier molecular flexibility index (Phi) is 3.22. The lowest BCUT2D eigenvalue weighted by molar-refractivity contribution is 0.576. The van der Waals surface area contributed by atoms with Crippen LogP contribution >= 0.6 is 0 Å². The third-order valence-corrected chi connectivity index (χ3v) is 4.19. The van der Waals surface area contributed by atoms with Gasteiger partial charge in [0.2, 0.25) is 0 Å². The molecule has 7 nitrogen and oxygen atoms in total. The van der Waals surface area contributed by atoms with Crippen molar-refractivity contribution in [3.8, 4) is 0 Å². The van der Waals surface area contributed by atoms with E-state index in [1.165, 1.54) is 12.3 Å². The molecule has 0 amide bonds. The maximum atomic E-state index is 11.9. The van der Waals surface area contributed by atoms with Crippen LogP contribution in [0.3, 0.4) is 0 Å². The number of sulfonamides is 1. The fraction of sp³-hybridized carbons (Fsp3) is 0.400. The van der Waals surface area contributed by atoms with E-state index in [9.17, 15) is 8.42 Å². The van der Waals surface area contributed by atoms with E-state index in [0.717, 1.165) is 17.0 Å². The van der Waals surface area contributed by atoms with Gasteiger partial charge in [0.1, 0.15) is 0 Å². The van der Waals surface area contributed by atoms with E-state index in [1.54, 1.807) is 4.68 Å². The first-order valence-electron chi connectivity index (χ1n) is 5.40. The van der Waals surface area contributed by atoms with E-state index in [0.29, 0.717) is 0 Å². The van der Waals surface area contributed by atoms with E-state index in [-0.39, 0.29) is 11.6 Å². The first-order valence-corrected chi connectivity index (χ1v) is 6.88. The van der Waals surface area contributed by atoms with Crippen LogP contribution < -0.4 is 4.72 Å². The number of rotatable bonds is 4. The summed E-state index contributed by atoms with van der Waals surface area (Å²) in [4.78, 5) is 0. The quantitative estimate of drug-likeness (QED) is 0.831. The standard InChI is InChI=1S/C10H15N5O2S/c1-7-9(8(2)15(3)14-7)6-12-18(16,17)10-4-5-11-13-10/h4-5,12H,6H2,1-3H3,(H,11,13). The van der Waals surface area contributed by atoms with Crippen LogP contribution in [0.25, 0.3) is 0 Å². The molecule has 0 radical (unpaired) electrons. The molecule has 2 rings (SSSR count). The fourth-order valence-corrected chi connectivity index (χ4v) is 2.61. The lowest BCUT2D eigenvalue weighted by Crippen LogP contribution is -2.24. The molecule has 2 heterocycles. The molecule has 0 aliphatic heterocycles. The summed E-state index contributed by atoms with van der Waals surface area (Å²) in [5.41, 5.74) is 2.66. The van der Waals surface area contributed by atoms with Gasteiger partial charge < -0.3 is 0 Å². The fourth-order valence-electron chi connectivity index (χ4n) is 1.71. The van der Waals surface area contributed by atoms with Crippen molar-refractivity contribution >= 4 is 10.0 Å². The Bertz CT molecular complexity index is 642. The largest absolute Gasteiger partial charge is 0.272 e. The summed E-state index contributed by atoms with van der Waals surface area (Å²) in [6, 6.07) is 1.41. The first-order chi connectivity index (χ1) is 8.42. The summed E-state index contributed by atoms with van der Waals surface area (Å²) in [5.74, 6) is 0. The van der Waals surface area contributed by atoms with E-state index >= 15 is 0 Å². The van der Waals surface area contributed by atoms with Crippen LogP contribution in [0, 0.1) is 13.8 Å². The maximum Gasteiger partial charge on any atom is 0.257 e. The third kappa shape index (κ3) is 2.29. The van der Waals surface area contributed by atoms with Crippen molar-refractivity contribution in [2.45, 2.75) is 25.4 Å². The van der Waals surface area contributed by atoms with Gasteiger partial charge >= 0.3 is 0 Å². The Hall–Kier alpha value is -1.67. The van der Waals surface area contributed by atoms with Crippen LogP contribution in [0.4, 0.5) is 0 Å². The lowest BCUT2D eigenvalue weighted by Gasteiger charge is -2.05. The Labute approximate surface area is 105 Å². The van der Waals surface area contributed by atoms with Gasteiger partial charge in [-0.3, -0.25) is 9.78 Å². The van der Waals surface area contributed by atoms with Crippen molar-refractivity contribution in [2.75, 3.05) is 0 Å². The average molecular weight is 269 g/mol. The highest BCUT2D eigenvalue weighted by Gasteiger charge is 2.17. The molecule has 0 spiro atoms. The molecule has 0 aliphatic rings. The second kappa shape index (κ2) is 4.54. The van der Waals surface area contributed by atoms with E-state index in [4.69, 9.17) is 0 Å². The molecule has 0 aliphatic carbocycles. The van der Waals surface area contributed by atoms with Crippen LogP contribution in [0.1, 0.15) is 17.0 Å². The predicted molar refractivity (Wildman–Crippen MR) is 65.3 cm³/mol. The molecule has 0 bridgehead atoms. The second-order valence-electron chi connectivity index (χ2n) is 4.02. The molecule has 2 N–H and O–H groups in total. The topological polar surface area (TPSA) is 92.7 Å². The number of nitrogens with one attached hydrogen (secondary N) is 2. The third-order valence-electron chi connectivity index (χ3n) is 2.86. The molecule has 0 unspecified atom stereocenters. The summed E-state index contributed by atoms with van der Waals surface area (Å²) in [6.45, 7) is 3.97. The Morgan fingerprint density at radius 3 is 2.67 bits per heavy atom. The summed E-state index contributed by atoms with van der Waals surface area (Å²) in [7, 11) is -1.72. The highest BCUT2D eigenvalue weighted by molar-refractivity contribution is 7.89. The smallest absolute Gasteiger partial charge is 0.257 e. The van der Waals surface area contributed by atoms with Crippen LogP contribution in [0.2, 0.25) is 0 Å². The molecule has 0 aromatic carbocycles. The highest BCUT2D eigenvalue weighted by Crippen LogP contribution is 2.12. The van der Waals surface area contributed by atoms with Gasteiger partial charge in [-0.2, -0.15) is 10.2 Å². The number of hydrogen-bond donors (Lipinski definition) is 2. The minimum atomic E-state index is -3.54. The van der Waals surface area contributed by atoms with Gasteiger partial charge in [-0.05, 0) is 19.9 Å². The number of nitrogens with zero attached hydrogens (tertiary/aromatic N) is 3. The van der Waals surface area contributed by atoms with Crippen molar-refractivity contribution < 1.29 is 8.42 Å². The molecule has 0 atom stereocenters. The van der Waals surface area contributed by atoms with Gasteiger partial charge in [0.05, 0.1) is 11.9 Å². The van der Waals surface area contributed by atoms with Gasteiger partial charge in [-0.15, -0.1) is 0 Å². The second-order valence-corrected chi connectivity index (χ2v) is 5.75. The molecule has 0 saturated heterocycles. The molecule has 0 saturated carbocycles. The van der Waals surface area contributed by atoms with E-state index < -0.39 is 10.0 Å². The lowest BCUT2D eigenvalue weighted by atomic mass is 10.2. The normalized spacial score (nSPS) is 11.9. The predicted octanol–water partition coefficient (Wildman–Crippen LogP) is 0.239. The summed E-state index contributed by atoms with van der Waals surface area (Å²) in [5, 5.41) is 10.3. The van der Waals surface area contributed by atoms with E-state index in [2.05, 4.69) is 20.0 Å². The number of aromatic nitrogens is 4. The van der Waals surface area contributed by atoms with E-state index in [1.807, 2.05) is 20.9 Å². The highest BCUT2D eigenvalue weighted by atomic mass is 32.2. The Morgan fingerprint density at radius 1 is 1.44 bits per heavy atom. The van der Waals surface area contributed by atoms with Crippen LogP contribution in [0.15, 0.2) is 17.3 Å². The van der Waals surface area contributed by atoms with Gasteiger partial charge in [0.25, 0.3) is 10.0 Å². The molecule has 8 heteroatoms. The molecular formula is C10H15N5O2S.